The molecule has 104 valence electrons. The van der Waals surface area contributed by atoms with E-state index in [-0.39, 0.29) is 5.69 Å². The Morgan fingerprint density at radius 1 is 1.16 bits per heavy atom. The molecule has 1 aromatic rings. The molecule has 2 rings (SSSR count). The van der Waals surface area contributed by atoms with Crippen LogP contribution in [0.2, 0.25) is 0 Å². The van der Waals surface area contributed by atoms with Gasteiger partial charge in [-0.15, -0.1) is 11.8 Å². The van der Waals surface area contributed by atoms with Crippen LogP contribution in [-0.4, -0.2) is 17.3 Å². The standard InChI is InChI=1S/C13H14F3NOS/c14-13(15,16)12(18)17-9-5-7-11(8-6-9)19-10-3-1-2-4-10/h5-8,10H,1-4H2,(H,17,18). The normalized spacial score (nSPS) is 16.6. The number of benzene rings is 1. The Bertz CT molecular complexity index is 438. The van der Waals surface area contributed by atoms with Crippen LogP contribution in [0.5, 0.6) is 0 Å². The van der Waals surface area contributed by atoms with E-state index in [4.69, 9.17) is 0 Å². The molecule has 0 bridgehead atoms. The predicted octanol–water partition coefficient (Wildman–Crippen LogP) is 4.22. The van der Waals surface area contributed by atoms with Crippen LogP contribution in [0.25, 0.3) is 0 Å². The van der Waals surface area contributed by atoms with Crippen molar-refractivity contribution in [1.29, 1.82) is 0 Å². The number of hydrogen-bond acceptors (Lipinski definition) is 2. The second-order valence-corrected chi connectivity index (χ2v) is 5.87. The van der Waals surface area contributed by atoms with E-state index in [1.165, 1.54) is 37.8 Å². The van der Waals surface area contributed by atoms with Gasteiger partial charge in [0.05, 0.1) is 0 Å². The van der Waals surface area contributed by atoms with Gasteiger partial charge in [-0.25, -0.2) is 0 Å². The summed E-state index contributed by atoms with van der Waals surface area (Å²) in [4.78, 5) is 11.8. The van der Waals surface area contributed by atoms with Crippen molar-refractivity contribution in [1.82, 2.24) is 0 Å². The van der Waals surface area contributed by atoms with Gasteiger partial charge in [-0.3, -0.25) is 4.79 Å². The monoisotopic (exact) mass is 289 g/mol. The molecule has 0 atom stereocenters. The second kappa shape index (κ2) is 5.86. The van der Waals surface area contributed by atoms with Gasteiger partial charge in [0.2, 0.25) is 0 Å². The molecule has 6 heteroatoms. The summed E-state index contributed by atoms with van der Waals surface area (Å²) in [7, 11) is 0. The molecule has 19 heavy (non-hydrogen) atoms. The van der Waals surface area contributed by atoms with E-state index in [2.05, 4.69) is 0 Å². The molecule has 0 aliphatic heterocycles. The quantitative estimate of drug-likeness (QED) is 0.902. The number of anilines is 1. The van der Waals surface area contributed by atoms with E-state index in [9.17, 15) is 18.0 Å². The molecule has 1 fully saturated rings. The number of carbonyl (C=O) groups excluding carboxylic acids is 1. The fourth-order valence-electron chi connectivity index (χ4n) is 2.02. The first-order valence-corrected chi connectivity index (χ1v) is 6.98. The van der Waals surface area contributed by atoms with Gasteiger partial charge in [0.1, 0.15) is 0 Å². The zero-order valence-electron chi connectivity index (χ0n) is 10.2. The van der Waals surface area contributed by atoms with Gasteiger partial charge in [0.15, 0.2) is 0 Å². The molecule has 2 nitrogen and oxygen atoms in total. The van der Waals surface area contributed by atoms with Crippen molar-refractivity contribution in [3.05, 3.63) is 24.3 Å². The SMILES string of the molecule is O=C(Nc1ccc(SC2CCCC2)cc1)C(F)(F)F. The Morgan fingerprint density at radius 3 is 2.26 bits per heavy atom. The van der Waals surface area contributed by atoms with Crippen LogP contribution in [0.4, 0.5) is 18.9 Å². The number of hydrogen-bond donors (Lipinski definition) is 1. The van der Waals surface area contributed by atoms with Gasteiger partial charge in [-0.1, -0.05) is 12.8 Å². The Labute approximate surface area is 113 Å². The van der Waals surface area contributed by atoms with E-state index < -0.39 is 12.1 Å². The van der Waals surface area contributed by atoms with Crippen LogP contribution in [0.1, 0.15) is 25.7 Å². The average Bonchev–Trinajstić information content (AvgIpc) is 2.83. The van der Waals surface area contributed by atoms with Gasteiger partial charge in [-0.05, 0) is 37.1 Å². The van der Waals surface area contributed by atoms with Gasteiger partial charge in [-0.2, -0.15) is 13.2 Å². The van der Waals surface area contributed by atoms with Crippen LogP contribution in [-0.2, 0) is 4.79 Å². The summed E-state index contributed by atoms with van der Waals surface area (Å²) < 4.78 is 36.2. The van der Waals surface area contributed by atoms with Crippen LogP contribution >= 0.6 is 11.8 Å². The summed E-state index contributed by atoms with van der Waals surface area (Å²) in [6.07, 6.45) is 0.0283. The number of rotatable bonds is 3. The Hall–Kier alpha value is -1.17. The highest BCUT2D eigenvalue weighted by molar-refractivity contribution is 8.00. The van der Waals surface area contributed by atoms with Gasteiger partial charge >= 0.3 is 12.1 Å². The van der Waals surface area contributed by atoms with Gasteiger partial charge in [0, 0.05) is 15.8 Å². The maximum absolute atomic E-state index is 12.1. The molecule has 1 aliphatic rings. The van der Waals surface area contributed by atoms with E-state index in [1.807, 2.05) is 5.32 Å². The molecule has 0 heterocycles. The van der Waals surface area contributed by atoms with Crippen LogP contribution < -0.4 is 5.32 Å². The molecular weight excluding hydrogens is 275 g/mol. The summed E-state index contributed by atoms with van der Waals surface area (Å²) >= 11 is 1.75. The molecule has 0 spiro atoms. The molecular formula is C13H14F3NOS. The molecule has 1 aromatic carbocycles. The highest BCUT2D eigenvalue weighted by atomic mass is 32.2. The summed E-state index contributed by atoms with van der Waals surface area (Å²) in [6, 6.07) is 6.49. The third-order valence-electron chi connectivity index (χ3n) is 2.97. The lowest BCUT2D eigenvalue weighted by molar-refractivity contribution is -0.167. The smallest absolute Gasteiger partial charge is 0.318 e. The van der Waals surface area contributed by atoms with Crippen molar-refractivity contribution in [2.45, 2.75) is 42.0 Å². The summed E-state index contributed by atoms with van der Waals surface area (Å²) in [5, 5.41) is 2.44. The average molecular weight is 289 g/mol. The van der Waals surface area contributed by atoms with Gasteiger partial charge in [0.25, 0.3) is 0 Å². The first-order valence-electron chi connectivity index (χ1n) is 6.10. The van der Waals surface area contributed by atoms with Crippen LogP contribution in [0, 0.1) is 0 Å². The lowest BCUT2D eigenvalue weighted by Gasteiger charge is -2.10. The second-order valence-electron chi connectivity index (χ2n) is 4.50. The first kappa shape index (κ1) is 14.2. The number of nitrogens with one attached hydrogen (secondary N) is 1. The van der Waals surface area contributed by atoms with Crippen molar-refractivity contribution in [2.75, 3.05) is 5.32 Å². The topological polar surface area (TPSA) is 29.1 Å². The summed E-state index contributed by atoms with van der Waals surface area (Å²) in [5.74, 6) is -1.94. The molecule has 0 radical (unpaired) electrons. The zero-order chi connectivity index (χ0) is 13.9. The molecule has 1 amide bonds. The van der Waals surface area contributed by atoms with Crippen LogP contribution in [0.3, 0.4) is 0 Å². The summed E-state index contributed by atoms with van der Waals surface area (Å²) in [6.45, 7) is 0. The third kappa shape index (κ3) is 4.16. The van der Waals surface area contributed by atoms with E-state index in [1.54, 1.807) is 23.9 Å². The summed E-state index contributed by atoms with van der Waals surface area (Å²) in [5.41, 5.74) is 0.165. The van der Waals surface area contributed by atoms with Crippen molar-refractivity contribution in [3.63, 3.8) is 0 Å². The van der Waals surface area contributed by atoms with E-state index in [0.717, 1.165) is 4.90 Å². The lowest BCUT2D eigenvalue weighted by atomic mass is 10.3. The maximum Gasteiger partial charge on any atom is 0.471 e. The number of thioether (sulfide) groups is 1. The number of alkyl halides is 3. The number of halogens is 3. The van der Waals surface area contributed by atoms with Crippen molar-refractivity contribution in [2.24, 2.45) is 0 Å². The first-order chi connectivity index (χ1) is 8.95. The van der Waals surface area contributed by atoms with Crippen molar-refractivity contribution < 1.29 is 18.0 Å². The van der Waals surface area contributed by atoms with E-state index in [0.29, 0.717) is 5.25 Å². The minimum atomic E-state index is -4.85. The molecule has 1 saturated carbocycles. The minimum absolute atomic E-state index is 0.165. The Kier molecular flexibility index (Phi) is 4.39. The fourth-order valence-corrected chi connectivity index (χ4v) is 3.26. The maximum atomic E-state index is 12.1. The highest BCUT2D eigenvalue weighted by Gasteiger charge is 2.38. The molecule has 1 N–H and O–H groups in total. The molecule has 0 unspecified atom stereocenters. The van der Waals surface area contributed by atoms with E-state index >= 15 is 0 Å². The molecule has 0 saturated heterocycles. The predicted molar refractivity (Wildman–Crippen MR) is 69.2 cm³/mol. The zero-order valence-corrected chi connectivity index (χ0v) is 11.0. The fraction of sp³-hybridized carbons (Fsp3) is 0.462. The molecule has 1 aliphatic carbocycles. The Balaban J connectivity index is 1.92. The number of carbonyl (C=O) groups is 1. The van der Waals surface area contributed by atoms with Gasteiger partial charge < -0.3 is 5.32 Å². The number of amides is 1. The van der Waals surface area contributed by atoms with Crippen molar-refractivity contribution in [3.8, 4) is 0 Å². The lowest BCUT2D eigenvalue weighted by Crippen LogP contribution is -2.29. The highest BCUT2D eigenvalue weighted by Crippen LogP contribution is 2.35. The van der Waals surface area contributed by atoms with Crippen molar-refractivity contribution >= 4 is 23.4 Å². The largest absolute Gasteiger partial charge is 0.471 e. The third-order valence-corrected chi connectivity index (χ3v) is 4.32. The molecule has 0 aromatic heterocycles. The van der Waals surface area contributed by atoms with Crippen LogP contribution in [0.15, 0.2) is 29.2 Å². The Morgan fingerprint density at radius 2 is 1.74 bits per heavy atom. The minimum Gasteiger partial charge on any atom is -0.318 e.